The fourth-order valence-corrected chi connectivity index (χ4v) is 1.23. The zero-order chi connectivity index (χ0) is 12.8. The first-order chi connectivity index (χ1) is 8.08. The molecule has 4 nitrogen and oxygen atoms in total. The molecule has 0 radical (unpaired) electrons. The molecule has 1 rings (SSSR count). The highest BCUT2D eigenvalue weighted by Gasteiger charge is 2.10. The van der Waals surface area contributed by atoms with Crippen molar-refractivity contribution in [2.45, 2.75) is 6.54 Å². The Labute approximate surface area is 97.5 Å². The Balaban J connectivity index is 2.65. The number of halogens is 2. The number of esters is 1. The van der Waals surface area contributed by atoms with Crippen molar-refractivity contribution in [2.75, 3.05) is 20.8 Å². The van der Waals surface area contributed by atoms with Crippen molar-refractivity contribution in [1.82, 2.24) is 5.32 Å². The molecule has 0 saturated carbocycles. The van der Waals surface area contributed by atoms with Crippen LogP contribution in [0.2, 0.25) is 0 Å². The van der Waals surface area contributed by atoms with Gasteiger partial charge in [-0.15, -0.1) is 0 Å². The molecule has 1 N–H and O–H groups in total. The van der Waals surface area contributed by atoms with Crippen molar-refractivity contribution in [1.29, 1.82) is 0 Å². The summed E-state index contributed by atoms with van der Waals surface area (Å²) in [6.07, 6.45) is 0. The third-order valence-electron chi connectivity index (χ3n) is 2.13. The Morgan fingerprint density at radius 2 is 2.00 bits per heavy atom. The first kappa shape index (κ1) is 13.4. The number of carbonyl (C=O) groups excluding carboxylic acids is 1. The summed E-state index contributed by atoms with van der Waals surface area (Å²) in [6, 6.07) is 1.99. The Morgan fingerprint density at radius 1 is 1.29 bits per heavy atom. The number of nitrogens with one attached hydrogen (secondary N) is 1. The maximum Gasteiger partial charge on any atom is 0.319 e. The van der Waals surface area contributed by atoms with E-state index in [4.69, 9.17) is 0 Å². The molecule has 1 aromatic carbocycles. The maximum absolute atomic E-state index is 13.4. The first-order valence-electron chi connectivity index (χ1n) is 4.88. The smallest absolute Gasteiger partial charge is 0.319 e. The maximum atomic E-state index is 13.4. The number of hydrogen-bond acceptors (Lipinski definition) is 4. The molecule has 0 amide bonds. The van der Waals surface area contributed by atoms with Gasteiger partial charge < -0.3 is 14.8 Å². The van der Waals surface area contributed by atoms with Crippen LogP contribution >= 0.6 is 0 Å². The van der Waals surface area contributed by atoms with Crippen LogP contribution in [0.15, 0.2) is 12.1 Å². The largest absolute Gasteiger partial charge is 0.494 e. The molecule has 0 aliphatic heterocycles. The summed E-state index contributed by atoms with van der Waals surface area (Å²) in [4.78, 5) is 10.8. The van der Waals surface area contributed by atoms with E-state index in [1.165, 1.54) is 14.2 Å². The van der Waals surface area contributed by atoms with Crippen molar-refractivity contribution in [3.63, 3.8) is 0 Å². The van der Waals surface area contributed by atoms with E-state index in [0.717, 1.165) is 12.1 Å². The lowest BCUT2D eigenvalue weighted by Crippen LogP contribution is -2.23. The molecule has 0 aliphatic rings. The van der Waals surface area contributed by atoms with E-state index in [1.54, 1.807) is 0 Å². The molecule has 94 valence electrons. The lowest BCUT2D eigenvalue weighted by Gasteiger charge is -2.08. The zero-order valence-corrected chi connectivity index (χ0v) is 9.55. The van der Waals surface area contributed by atoms with Crippen molar-refractivity contribution in [3.05, 3.63) is 29.3 Å². The summed E-state index contributed by atoms with van der Waals surface area (Å²) in [7, 11) is 2.50. The molecule has 6 heteroatoms. The lowest BCUT2D eigenvalue weighted by atomic mass is 10.2. The summed E-state index contributed by atoms with van der Waals surface area (Å²) in [5.41, 5.74) is 0.118. The van der Waals surface area contributed by atoms with Crippen LogP contribution in [-0.4, -0.2) is 26.7 Å². The van der Waals surface area contributed by atoms with Crippen LogP contribution in [-0.2, 0) is 16.1 Å². The van der Waals surface area contributed by atoms with Crippen molar-refractivity contribution in [2.24, 2.45) is 0 Å². The molecule has 1 aromatic rings. The first-order valence-corrected chi connectivity index (χ1v) is 4.88. The van der Waals surface area contributed by atoms with Gasteiger partial charge in [0.15, 0.2) is 11.6 Å². The van der Waals surface area contributed by atoms with Crippen LogP contribution in [0.5, 0.6) is 5.75 Å². The van der Waals surface area contributed by atoms with E-state index in [9.17, 15) is 13.6 Å². The van der Waals surface area contributed by atoms with Gasteiger partial charge in [-0.05, 0) is 6.07 Å². The monoisotopic (exact) mass is 245 g/mol. The van der Waals surface area contributed by atoms with Crippen LogP contribution in [0.1, 0.15) is 5.56 Å². The third-order valence-corrected chi connectivity index (χ3v) is 2.13. The van der Waals surface area contributed by atoms with Gasteiger partial charge in [0.25, 0.3) is 0 Å². The van der Waals surface area contributed by atoms with Gasteiger partial charge in [0.2, 0.25) is 0 Å². The second-order valence-electron chi connectivity index (χ2n) is 3.26. The van der Waals surface area contributed by atoms with Gasteiger partial charge in [-0.2, -0.15) is 0 Å². The van der Waals surface area contributed by atoms with E-state index < -0.39 is 17.6 Å². The van der Waals surface area contributed by atoms with Gasteiger partial charge in [0.1, 0.15) is 5.82 Å². The second-order valence-corrected chi connectivity index (χ2v) is 3.26. The fraction of sp³-hybridized carbons (Fsp3) is 0.364. The van der Waals surface area contributed by atoms with Crippen LogP contribution in [0.25, 0.3) is 0 Å². The van der Waals surface area contributed by atoms with Gasteiger partial charge in [-0.1, -0.05) is 0 Å². The van der Waals surface area contributed by atoms with Crippen molar-refractivity contribution in [3.8, 4) is 5.75 Å². The van der Waals surface area contributed by atoms with Gasteiger partial charge in [0.05, 0.1) is 20.8 Å². The lowest BCUT2D eigenvalue weighted by molar-refractivity contribution is -0.139. The minimum Gasteiger partial charge on any atom is -0.494 e. The molecule has 17 heavy (non-hydrogen) atoms. The standard InChI is InChI=1S/C11H13F2NO3/c1-16-10-4-8(12)7(3-9(10)13)5-14-6-11(15)17-2/h3-4,14H,5-6H2,1-2H3. The van der Waals surface area contributed by atoms with Gasteiger partial charge in [0, 0.05) is 18.2 Å². The average molecular weight is 245 g/mol. The Hall–Kier alpha value is -1.69. The summed E-state index contributed by atoms with van der Waals surface area (Å²) >= 11 is 0. The molecule has 0 unspecified atom stereocenters. The fourth-order valence-electron chi connectivity index (χ4n) is 1.23. The van der Waals surface area contributed by atoms with Crippen molar-refractivity contribution >= 4 is 5.97 Å². The van der Waals surface area contributed by atoms with E-state index in [0.29, 0.717) is 0 Å². The average Bonchev–Trinajstić information content (AvgIpc) is 2.32. The number of benzene rings is 1. The number of rotatable bonds is 5. The number of hydrogen-bond donors (Lipinski definition) is 1. The van der Waals surface area contributed by atoms with E-state index in [2.05, 4.69) is 14.8 Å². The molecule has 0 bridgehead atoms. The minimum absolute atomic E-state index is 0.0296. The predicted octanol–water partition coefficient (Wildman–Crippen LogP) is 1.24. The summed E-state index contributed by atoms with van der Waals surface area (Å²) < 4.78 is 35.7. The minimum atomic E-state index is -0.649. The zero-order valence-electron chi connectivity index (χ0n) is 9.55. The summed E-state index contributed by atoms with van der Waals surface area (Å²) in [6.45, 7) is -0.0363. The number of carbonyl (C=O) groups is 1. The van der Waals surface area contributed by atoms with Crippen LogP contribution < -0.4 is 10.1 Å². The normalized spacial score (nSPS) is 10.1. The van der Waals surface area contributed by atoms with Crippen LogP contribution in [0, 0.1) is 11.6 Å². The molecule has 0 aromatic heterocycles. The molecule has 0 saturated heterocycles. The summed E-state index contributed by atoms with van der Waals surface area (Å²) in [5.74, 6) is -1.87. The third kappa shape index (κ3) is 3.67. The molecular formula is C11H13F2NO3. The summed E-state index contributed by atoms with van der Waals surface area (Å²) in [5, 5.41) is 2.64. The number of methoxy groups -OCH3 is 2. The van der Waals surface area contributed by atoms with Crippen molar-refractivity contribution < 1.29 is 23.0 Å². The highest BCUT2D eigenvalue weighted by atomic mass is 19.1. The predicted molar refractivity (Wildman–Crippen MR) is 56.6 cm³/mol. The number of ether oxygens (including phenoxy) is 2. The van der Waals surface area contributed by atoms with Crippen LogP contribution in [0.4, 0.5) is 8.78 Å². The molecular weight excluding hydrogens is 232 g/mol. The molecule has 0 aliphatic carbocycles. The Kier molecular flexibility index (Phi) is 4.84. The molecule has 0 spiro atoms. The SMILES string of the molecule is COC(=O)CNCc1cc(F)c(OC)cc1F. The van der Waals surface area contributed by atoms with E-state index in [1.807, 2.05) is 0 Å². The topological polar surface area (TPSA) is 47.6 Å². The van der Waals surface area contributed by atoms with Crippen LogP contribution in [0.3, 0.4) is 0 Å². The quantitative estimate of drug-likeness (QED) is 0.793. The second kappa shape index (κ2) is 6.15. The molecule has 0 atom stereocenters. The van der Waals surface area contributed by atoms with Gasteiger partial charge >= 0.3 is 5.97 Å². The molecule has 0 fully saturated rings. The Morgan fingerprint density at radius 3 is 2.59 bits per heavy atom. The Bertz CT molecular complexity index is 410. The highest BCUT2D eigenvalue weighted by Crippen LogP contribution is 2.20. The van der Waals surface area contributed by atoms with E-state index >= 15 is 0 Å². The van der Waals surface area contributed by atoms with E-state index in [-0.39, 0.29) is 24.4 Å². The van der Waals surface area contributed by atoms with Gasteiger partial charge in [-0.25, -0.2) is 8.78 Å². The van der Waals surface area contributed by atoms with Gasteiger partial charge in [-0.3, -0.25) is 4.79 Å². The molecule has 0 heterocycles. The highest BCUT2D eigenvalue weighted by molar-refractivity contribution is 5.71.